The summed E-state index contributed by atoms with van der Waals surface area (Å²) in [6, 6.07) is 15.1. The van der Waals surface area contributed by atoms with Crippen LogP contribution in [0.1, 0.15) is 30.0 Å². The normalized spacial score (nSPS) is 14.9. The lowest BCUT2D eigenvalue weighted by atomic mass is 10.1. The fourth-order valence-electron chi connectivity index (χ4n) is 2.67. The number of hydrogen-bond donors (Lipinski definition) is 1. The van der Waals surface area contributed by atoms with Gasteiger partial charge in [-0.2, -0.15) is 0 Å². The third kappa shape index (κ3) is 3.60. The largest absolute Gasteiger partial charge is 0.334 e. The van der Waals surface area contributed by atoms with Crippen molar-refractivity contribution in [2.45, 2.75) is 31.5 Å². The van der Waals surface area contributed by atoms with Crippen molar-refractivity contribution in [2.75, 3.05) is 0 Å². The molecule has 1 fully saturated rings. The summed E-state index contributed by atoms with van der Waals surface area (Å²) in [5.74, 6) is -0.109. The molecule has 2 N–H and O–H groups in total. The van der Waals surface area contributed by atoms with Gasteiger partial charge in [-0.1, -0.05) is 42.5 Å². The molecule has 6 heteroatoms. The summed E-state index contributed by atoms with van der Waals surface area (Å²) in [6.45, 7) is 0.419. The van der Waals surface area contributed by atoms with Crippen molar-refractivity contribution in [3.05, 3.63) is 75.8 Å². The van der Waals surface area contributed by atoms with Gasteiger partial charge >= 0.3 is 0 Å². The van der Waals surface area contributed by atoms with E-state index in [0.29, 0.717) is 6.54 Å². The summed E-state index contributed by atoms with van der Waals surface area (Å²) in [4.78, 5) is 24.9. The summed E-state index contributed by atoms with van der Waals surface area (Å²) in [5, 5.41) is 10.7. The first kappa shape index (κ1) is 16.1. The predicted octanol–water partition coefficient (Wildman–Crippen LogP) is 2.79. The van der Waals surface area contributed by atoms with Crippen LogP contribution in [0.15, 0.2) is 54.6 Å². The van der Waals surface area contributed by atoms with Crippen LogP contribution in [0.4, 0.5) is 5.69 Å². The zero-order valence-corrected chi connectivity index (χ0v) is 13.2. The number of nitro groups is 1. The minimum atomic E-state index is -0.690. The summed E-state index contributed by atoms with van der Waals surface area (Å²) in [6.07, 6.45) is 1.94. The van der Waals surface area contributed by atoms with Crippen molar-refractivity contribution < 1.29 is 9.72 Å². The zero-order chi connectivity index (χ0) is 17.1. The SMILES string of the molecule is N[C@H](C(=O)N(Cc1ccc([N+](=O)[O-])cc1)C1CC1)c1ccccc1. The second kappa shape index (κ2) is 6.80. The Balaban J connectivity index is 1.75. The maximum atomic E-state index is 12.8. The summed E-state index contributed by atoms with van der Waals surface area (Å²) < 4.78 is 0. The lowest BCUT2D eigenvalue weighted by Gasteiger charge is -2.26. The van der Waals surface area contributed by atoms with Crippen LogP contribution in [-0.4, -0.2) is 21.8 Å². The number of nitrogens with two attached hydrogens (primary N) is 1. The van der Waals surface area contributed by atoms with Crippen molar-refractivity contribution in [3.8, 4) is 0 Å². The second-order valence-electron chi connectivity index (χ2n) is 6.01. The Morgan fingerprint density at radius 1 is 1.17 bits per heavy atom. The van der Waals surface area contributed by atoms with Gasteiger partial charge in [-0.3, -0.25) is 14.9 Å². The molecule has 1 saturated carbocycles. The molecule has 0 heterocycles. The van der Waals surface area contributed by atoms with Gasteiger partial charge in [0, 0.05) is 24.7 Å². The van der Waals surface area contributed by atoms with Gasteiger partial charge in [-0.25, -0.2) is 0 Å². The average molecular weight is 325 g/mol. The number of nitro benzene ring substituents is 1. The molecule has 1 aliphatic carbocycles. The second-order valence-corrected chi connectivity index (χ2v) is 6.01. The molecule has 1 aliphatic rings. The number of carbonyl (C=O) groups is 1. The van der Waals surface area contributed by atoms with Crippen LogP contribution >= 0.6 is 0 Å². The highest BCUT2D eigenvalue weighted by Crippen LogP contribution is 2.31. The highest BCUT2D eigenvalue weighted by Gasteiger charge is 2.35. The number of hydrogen-bond acceptors (Lipinski definition) is 4. The molecule has 6 nitrogen and oxygen atoms in total. The molecule has 0 radical (unpaired) electrons. The first-order valence-corrected chi connectivity index (χ1v) is 7.90. The molecule has 3 rings (SSSR count). The predicted molar refractivity (Wildman–Crippen MR) is 90.0 cm³/mol. The standard InChI is InChI=1S/C18H19N3O3/c19-17(14-4-2-1-3-5-14)18(22)20(15-10-11-15)12-13-6-8-16(9-7-13)21(23)24/h1-9,15,17H,10-12,19H2/t17-/m0/s1. The van der Waals surface area contributed by atoms with E-state index in [9.17, 15) is 14.9 Å². The van der Waals surface area contributed by atoms with Gasteiger partial charge in [0.1, 0.15) is 6.04 Å². The first-order valence-electron chi connectivity index (χ1n) is 7.90. The van der Waals surface area contributed by atoms with Crippen LogP contribution in [0.3, 0.4) is 0 Å². The molecule has 24 heavy (non-hydrogen) atoms. The third-order valence-electron chi connectivity index (χ3n) is 4.20. The van der Waals surface area contributed by atoms with Crippen LogP contribution in [0, 0.1) is 10.1 Å². The van der Waals surface area contributed by atoms with E-state index in [2.05, 4.69) is 0 Å². The van der Waals surface area contributed by atoms with Gasteiger partial charge in [-0.15, -0.1) is 0 Å². The van der Waals surface area contributed by atoms with Crippen LogP contribution in [0.5, 0.6) is 0 Å². The van der Waals surface area contributed by atoms with E-state index in [0.717, 1.165) is 24.0 Å². The van der Waals surface area contributed by atoms with Crippen LogP contribution < -0.4 is 5.73 Å². The number of amides is 1. The average Bonchev–Trinajstić information content (AvgIpc) is 3.44. The summed E-state index contributed by atoms with van der Waals surface area (Å²) in [5.41, 5.74) is 7.84. The van der Waals surface area contributed by atoms with Crippen LogP contribution in [0.2, 0.25) is 0 Å². The van der Waals surface area contributed by atoms with Crippen molar-refractivity contribution >= 4 is 11.6 Å². The minimum Gasteiger partial charge on any atom is -0.334 e. The van der Waals surface area contributed by atoms with Crippen LogP contribution in [0.25, 0.3) is 0 Å². The Morgan fingerprint density at radius 2 is 1.79 bits per heavy atom. The molecule has 0 spiro atoms. The molecule has 0 aliphatic heterocycles. The van der Waals surface area contributed by atoms with Gasteiger partial charge in [0.25, 0.3) is 5.69 Å². The van der Waals surface area contributed by atoms with E-state index in [1.54, 1.807) is 17.0 Å². The van der Waals surface area contributed by atoms with Gasteiger partial charge in [0.05, 0.1) is 4.92 Å². The number of non-ortho nitro benzene ring substituents is 1. The molecule has 2 aromatic rings. The Morgan fingerprint density at radius 3 is 2.33 bits per heavy atom. The van der Waals surface area contributed by atoms with E-state index < -0.39 is 11.0 Å². The molecule has 0 aromatic heterocycles. The molecule has 0 bridgehead atoms. The van der Waals surface area contributed by atoms with E-state index >= 15 is 0 Å². The maximum Gasteiger partial charge on any atom is 0.269 e. The van der Waals surface area contributed by atoms with E-state index in [1.165, 1.54) is 12.1 Å². The van der Waals surface area contributed by atoms with Crippen molar-refractivity contribution in [1.82, 2.24) is 4.90 Å². The maximum absolute atomic E-state index is 12.8. The van der Waals surface area contributed by atoms with Gasteiger partial charge in [0.15, 0.2) is 0 Å². The Bertz CT molecular complexity index is 727. The minimum absolute atomic E-state index is 0.0454. The molecule has 2 aromatic carbocycles. The Hall–Kier alpha value is -2.73. The number of carbonyl (C=O) groups excluding carboxylic acids is 1. The monoisotopic (exact) mass is 325 g/mol. The number of nitrogens with zero attached hydrogens (tertiary/aromatic N) is 2. The Kier molecular flexibility index (Phi) is 4.57. The fraction of sp³-hybridized carbons (Fsp3) is 0.278. The topological polar surface area (TPSA) is 89.5 Å². The molecule has 0 unspecified atom stereocenters. The van der Waals surface area contributed by atoms with Gasteiger partial charge < -0.3 is 10.6 Å². The van der Waals surface area contributed by atoms with Crippen molar-refractivity contribution in [1.29, 1.82) is 0 Å². The quantitative estimate of drug-likeness (QED) is 0.653. The molecule has 0 saturated heterocycles. The molecule has 1 atom stereocenters. The van der Waals surface area contributed by atoms with Crippen LogP contribution in [-0.2, 0) is 11.3 Å². The molecular formula is C18H19N3O3. The number of rotatable bonds is 6. The van der Waals surface area contributed by atoms with E-state index in [-0.39, 0.29) is 17.6 Å². The zero-order valence-electron chi connectivity index (χ0n) is 13.2. The molecule has 124 valence electrons. The first-order chi connectivity index (χ1) is 11.6. The number of benzene rings is 2. The van der Waals surface area contributed by atoms with E-state index in [1.807, 2.05) is 30.3 Å². The van der Waals surface area contributed by atoms with Gasteiger partial charge in [-0.05, 0) is 24.0 Å². The fourth-order valence-corrected chi connectivity index (χ4v) is 2.67. The van der Waals surface area contributed by atoms with Crippen molar-refractivity contribution in [3.63, 3.8) is 0 Å². The Labute approximate surface area is 140 Å². The lowest BCUT2D eigenvalue weighted by Crippen LogP contribution is -2.39. The third-order valence-corrected chi connectivity index (χ3v) is 4.20. The van der Waals surface area contributed by atoms with Gasteiger partial charge in [0.2, 0.25) is 5.91 Å². The smallest absolute Gasteiger partial charge is 0.269 e. The summed E-state index contributed by atoms with van der Waals surface area (Å²) >= 11 is 0. The highest BCUT2D eigenvalue weighted by atomic mass is 16.6. The lowest BCUT2D eigenvalue weighted by molar-refractivity contribution is -0.384. The summed E-state index contributed by atoms with van der Waals surface area (Å²) in [7, 11) is 0. The molecule has 1 amide bonds. The molecular weight excluding hydrogens is 306 g/mol. The highest BCUT2D eigenvalue weighted by molar-refractivity contribution is 5.83. The van der Waals surface area contributed by atoms with E-state index in [4.69, 9.17) is 5.73 Å². The van der Waals surface area contributed by atoms with Crippen molar-refractivity contribution in [2.24, 2.45) is 5.73 Å².